The number of ether oxygens (including phenoxy) is 2. The predicted octanol–water partition coefficient (Wildman–Crippen LogP) is 15.8. The van der Waals surface area contributed by atoms with Crippen LogP contribution in [0.25, 0.3) is 34.2 Å². The largest absolute Gasteiger partial charge is 0.457 e. The Morgan fingerprint density at radius 3 is 1.09 bits per heavy atom. The number of nitrogens with zero attached hydrogens (tertiary/aromatic N) is 6. The lowest BCUT2D eigenvalue weighted by atomic mass is 9.73. The molecule has 0 atom stereocenters. The topological polar surface area (TPSA) is 94.2 Å². The molecule has 0 saturated carbocycles. The lowest BCUT2D eigenvalue weighted by Crippen LogP contribution is -2.54. The van der Waals surface area contributed by atoms with Gasteiger partial charge < -0.3 is 9.47 Å². The molecule has 1 aromatic heterocycles. The normalized spacial score (nSPS) is 12.2. The van der Waals surface area contributed by atoms with Crippen LogP contribution in [0.15, 0.2) is 233 Å². The van der Waals surface area contributed by atoms with Crippen molar-refractivity contribution in [1.82, 2.24) is 15.0 Å². The summed E-state index contributed by atoms with van der Waals surface area (Å²) in [6, 6.07) is 58.3. The van der Waals surface area contributed by atoms with Crippen LogP contribution >= 0.6 is 0 Å². The van der Waals surface area contributed by atoms with Gasteiger partial charge in [0.1, 0.15) is 23.0 Å². The smallest absolute Gasteiger partial charge is 0.411 e. The SMILES string of the molecule is CC.CN=C(N=C(N=Cc1ccc(Oc2ccc(C(c3ccc(Oc4ccc(-c5nc(-c6ccccc6)nc(-c6ccccc6)n5)cc4)cc3)(C(F)(F)F)C(F)(F)F)cc2)cc1)c1ccccc1)c1ccccc1. The minimum absolute atomic E-state index is 0.0107. The first kappa shape index (κ1) is 51.3. The number of aliphatic imine (C=N–C) groups is 3. The number of benzene rings is 8. The summed E-state index contributed by atoms with van der Waals surface area (Å²) in [5.74, 6) is 2.78. The molecule has 1 heterocycles. The first-order valence-electron chi connectivity index (χ1n) is 23.4. The van der Waals surface area contributed by atoms with Crippen molar-refractivity contribution in [2.45, 2.75) is 31.6 Å². The van der Waals surface area contributed by atoms with Crippen molar-refractivity contribution >= 4 is 17.9 Å². The number of aromatic nitrogens is 3. The van der Waals surface area contributed by atoms with Crippen molar-refractivity contribution in [2.24, 2.45) is 15.0 Å². The van der Waals surface area contributed by atoms with E-state index in [1.54, 1.807) is 61.8 Å². The minimum atomic E-state index is -5.81. The monoisotopic (exact) mass is 996 g/mol. The Labute approximate surface area is 424 Å². The Hall–Kier alpha value is -9.04. The third-order valence-electron chi connectivity index (χ3n) is 11.4. The lowest BCUT2D eigenvalue weighted by Gasteiger charge is -2.38. The van der Waals surface area contributed by atoms with Crippen LogP contribution in [-0.2, 0) is 5.41 Å². The summed E-state index contributed by atoms with van der Waals surface area (Å²) >= 11 is 0. The van der Waals surface area contributed by atoms with Crippen molar-refractivity contribution in [2.75, 3.05) is 7.05 Å². The van der Waals surface area contributed by atoms with Crippen LogP contribution in [0.5, 0.6) is 23.0 Å². The third kappa shape index (κ3) is 11.7. The number of hydrogen-bond donors (Lipinski definition) is 0. The van der Waals surface area contributed by atoms with Gasteiger partial charge in [0.05, 0.1) is 0 Å². The maximum Gasteiger partial charge on any atom is 0.411 e. The second-order valence-corrected chi connectivity index (χ2v) is 16.1. The second kappa shape index (κ2) is 23.0. The van der Waals surface area contributed by atoms with E-state index < -0.39 is 28.9 Å². The third-order valence-corrected chi connectivity index (χ3v) is 11.4. The van der Waals surface area contributed by atoms with Gasteiger partial charge in [-0.25, -0.2) is 24.9 Å². The maximum atomic E-state index is 15.1. The van der Waals surface area contributed by atoms with E-state index in [2.05, 4.69) is 9.98 Å². The molecule has 0 aliphatic carbocycles. The highest BCUT2D eigenvalue weighted by Crippen LogP contribution is 2.56. The van der Waals surface area contributed by atoms with Crippen molar-refractivity contribution in [3.63, 3.8) is 0 Å². The van der Waals surface area contributed by atoms with Gasteiger partial charge in [0.2, 0.25) is 5.41 Å². The Kier molecular flexibility index (Phi) is 16.0. The highest BCUT2D eigenvalue weighted by molar-refractivity contribution is 6.14. The molecule has 9 aromatic rings. The van der Waals surface area contributed by atoms with Gasteiger partial charge in [0.25, 0.3) is 0 Å². The molecule has 8 nitrogen and oxygen atoms in total. The lowest BCUT2D eigenvalue weighted by molar-refractivity contribution is -0.288. The van der Waals surface area contributed by atoms with Crippen LogP contribution in [0.1, 0.15) is 41.7 Å². The zero-order valence-electron chi connectivity index (χ0n) is 40.1. The van der Waals surface area contributed by atoms with Crippen LogP contribution in [0.2, 0.25) is 0 Å². The molecule has 0 N–H and O–H groups in total. The zero-order valence-corrected chi connectivity index (χ0v) is 40.1. The molecule has 0 unspecified atom stereocenters. The molecule has 0 aliphatic rings. The molecule has 0 aliphatic heterocycles. The first-order valence-corrected chi connectivity index (χ1v) is 23.4. The molecule has 9 rings (SSSR count). The van der Waals surface area contributed by atoms with E-state index in [1.165, 1.54) is 0 Å². The van der Waals surface area contributed by atoms with Crippen LogP contribution in [0.3, 0.4) is 0 Å². The summed E-state index contributed by atoms with van der Waals surface area (Å²) in [7, 11) is 1.65. The summed E-state index contributed by atoms with van der Waals surface area (Å²) in [6.45, 7) is 4.00. The fraction of sp³-hybridized carbons (Fsp3) is 0.100. The van der Waals surface area contributed by atoms with Gasteiger partial charge in [-0.1, -0.05) is 159 Å². The molecular weight excluding hydrogens is 951 g/mol. The molecule has 8 aromatic carbocycles. The number of alkyl halides is 6. The van der Waals surface area contributed by atoms with Crippen LogP contribution < -0.4 is 9.47 Å². The summed E-state index contributed by atoms with van der Waals surface area (Å²) in [4.78, 5) is 27.8. The summed E-state index contributed by atoms with van der Waals surface area (Å²) in [5, 5.41) is 0. The fourth-order valence-electron chi connectivity index (χ4n) is 7.85. The Morgan fingerprint density at radius 2 is 0.730 bits per heavy atom. The molecule has 14 heteroatoms. The standard InChI is InChI=1S/C58H40F6N6O2.C2H6/c1-65-51(40-14-6-2-7-15-40)67-52(41-16-8-3-9-17-41)66-38-39-22-30-47(31-23-39)71-49-34-26-45(27-35-49)56(57(59,60)61,58(62,63)64)46-28-36-50(37-29-46)72-48-32-24-44(25-33-48)55-69-53(42-18-10-4-11-19-42)68-54(70-55)43-20-12-5-13-21-43;1-2/h2-38H,1H3;1-2H3. The van der Waals surface area contributed by atoms with Gasteiger partial charge in [-0.3, -0.25) is 4.99 Å². The Morgan fingerprint density at radius 1 is 0.405 bits per heavy atom. The number of hydrogen-bond acceptors (Lipinski definition) is 6. The highest BCUT2D eigenvalue weighted by Gasteiger charge is 2.72. The summed E-state index contributed by atoms with van der Waals surface area (Å²) < 4.78 is 103. The van der Waals surface area contributed by atoms with E-state index >= 15 is 26.3 Å². The van der Waals surface area contributed by atoms with Gasteiger partial charge in [-0.15, -0.1) is 0 Å². The average Bonchev–Trinajstić information content (AvgIpc) is 3.44. The van der Waals surface area contributed by atoms with Crippen molar-refractivity contribution in [1.29, 1.82) is 0 Å². The minimum Gasteiger partial charge on any atom is -0.457 e. The zero-order chi connectivity index (χ0) is 52.1. The van der Waals surface area contributed by atoms with Crippen LogP contribution in [0.4, 0.5) is 26.3 Å². The maximum absolute atomic E-state index is 15.1. The van der Waals surface area contributed by atoms with Gasteiger partial charge >= 0.3 is 12.4 Å². The summed E-state index contributed by atoms with van der Waals surface area (Å²) in [6.07, 6.45) is -10.0. The van der Waals surface area contributed by atoms with E-state index in [0.29, 0.717) is 40.3 Å². The molecule has 74 heavy (non-hydrogen) atoms. The highest BCUT2D eigenvalue weighted by atomic mass is 19.4. The predicted molar refractivity (Wildman–Crippen MR) is 279 cm³/mol. The number of rotatable bonds is 12. The van der Waals surface area contributed by atoms with Gasteiger partial charge in [0.15, 0.2) is 29.1 Å². The number of halogens is 6. The number of amidine groups is 2. The first-order chi connectivity index (χ1) is 35.9. The molecule has 0 saturated heterocycles. The Balaban J connectivity index is 0.00000360. The van der Waals surface area contributed by atoms with E-state index in [9.17, 15) is 0 Å². The summed E-state index contributed by atoms with van der Waals surface area (Å²) in [5.41, 5.74) is -2.06. The van der Waals surface area contributed by atoms with Crippen molar-refractivity contribution in [3.8, 4) is 57.2 Å². The molecule has 370 valence electrons. The molecule has 0 bridgehead atoms. The van der Waals surface area contributed by atoms with E-state index in [0.717, 1.165) is 70.8 Å². The molecule has 0 fully saturated rings. The Bertz CT molecular complexity index is 3260. The van der Waals surface area contributed by atoms with Crippen LogP contribution in [-0.4, -0.2) is 52.2 Å². The van der Waals surface area contributed by atoms with Gasteiger partial charge in [-0.2, -0.15) is 26.3 Å². The van der Waals surface area contributed by atoms with Gasteiger partial charge in [-0.05, 0) is 89.5 Å². The molecule has 0 spiro atoms. The van der Waals surface area contributed by atoms with Crippen molar-refractivity contribution < 1.29 is 35.8 Å². The van der Waals surface area contributed by atoms with Crippen LogP contribution in [0, 0.1) is 0 Å². The molecule has 0 amide bonds. The average molecular weight is 997 g/mol. The molecular formula is C60H46F6N6O2. The van der Waals surface area contributed by atoms with E-state index in [-0.39, 0.29) is 23.0 Å². The fourth-order valence-corrected chi connectivity index (χ4v) is 7.85. The van der Waals surface area contributed by atoms with E-state index in [1.807, 2.05) is 135 Å². The van der Waals surface area contributed by atoms with Gasteiger partial charge in [0, 0.05) is 41.1 Å². The van der Waals surface area contributed by atoms with Crippen molar-refractivity contribution in [3.05, 3.63) is 246 Å². The quantitative estimate of drug-likeness (QED) is 0.0690. The molecule has 0 radical (unpaired) electrons. The van der Waals surface area contributed by atoms with E-state index in [4.69, 9.17) is 29.4 Å². The second-order valence-electron chi connectivity index (χ2n) is 16.1.